The number of amides is 2. The normalized spacial score (nSPS) is 11.3. The summed E-state index contributed by atoms with van der Waals surface area (Å²) >= 11 is 0. The number of fused-ring (bicyclic) bond motifs is 1. The first-order chi connectivity index (χ1) is 20.6. The topological polar surface area (TPSA) is 98.8 Å². The third kappa shape index (κ3) is 8.29. The van der Waals surface area contributed by atoms with Gasteiger partial charge < -0.3 is 24.8 Å². The molecule has 0 unspecified atom stereocenters. The van der Waals surface area contributed by atoms with Crippen molar-refractivity contribution in [1.82, 2.24) is 15.6 Å². The number of carbonyl (C=O) groups is 2. The Kier molecular flexibility index (Phi) is 10.3. The molecular weight excluding hydrogens is 549 g/mol. The lowest BCUT2D eigenvalue weighted by atomic mass is 9.95. The van der Waals surface area contributed by atoms with E-state index in [1.165, 1.54) is 12.1 Å². The molecule has 9 heteroatoms. The molecule has 1 aromatic heterocycles. The molecule has 8 nitrogen and oxygen atoms in total. The minimum Gasteiger partial charge on any atom is -0.493 e. The molecule has 2 amide bonds. The molecule has 0 aliphatic heterocycles. The van der Waals surface area contributed by atoms with E-state index in [2.05, 4.69) is 10.6 Å². The number of benzene rings is 3. The fraction of sp³-hybridized carbons (Fsp3) is 0.324. The summed E-state index contributed by atoms with van der Waals surface area (Å²) in [5, 5.41) is 5.92. The smallest absolute Gasteiger partial charge is 0.407 e. The van der Waals surface area contributed by atoms with E-state index in [1.807, 2.05) is 62.4 Å². The summed E-state index contributed by atoms with van der Waals surface area (Å²) in [4.78, 5) is 29.9. The summed E-state index contributed by atoms with van der Waals surface area (Å²) < 4.78 is 30.8. The van der Waals surface area contributed by atoms with Crippen LogP contribution in [-0.4, -0.2) is 55.5 Å². The molecule has 0 aliphatic carbocycles. The first-order valence-electron chi connectivity index (χ1n) is 14.3. The third-order valence-corrected chi connectivity index (χ3v) is 6.52. The van der Waals surface area contributed by atoms with Gasteiger partial charge in [-0.3, -0.25) is 4.79 Å². The van der Waals surface area contributed by atoms with Crippen LogP contribution < -0.4 is 15.4 Å². The predicted octanol–water partition coefficient (Wildman–Crippen LogP) is 6.69. The average molecular weight is 588 g/mol. The van der Waals surface area contributed by atoms with Crippen LogP contribution in [0.5, 0.6) is 5.75 Å². The van der Waals surface area contributed by atoms with Gasteiger partial charge >= 0.3 is 6.09 Å². The lowest BCUT2D eigenvalue weighted by Crippen LogP contribution is -2.34. The van der Waals surface area contributed by atoms with E-state index >= 15 is 0 Å². The number of hydrogen-bond acceptors (Lipinski definition) is 6. The predicted molar refractivity (Wildman–Crippen MR) is 166 cm³/mol. The minimum atomic E-state index is -0.577. The van der Waals surface area contributed by atoms with Crippen LogP contribution in [0.3, 0.4) is 0 Å². The number of nitrogens with one attached hydrogen (secondary N) is 2. The quantitative estimate of drug-likeness (QED) is 0.190. The van der Waals surface area contributed by atoms with Crippen LogP contribution in [-0.2, 0) is 9.47 Å². The van der Waals surface area contributed by atoms with Gasteiger partial charge in [0.05, 0.1) is 36.6 Å². The fourth-order valence-electron chi connectivity index (χ4n) is 4.67. The molecule has 0 radical (unpaired) electrons. The van der Waals surface area contributed by atoms with Crippen molar-refractivity contribution >= 4 is 22.9 Å². The molecule has 4 aromatic rings. The molecule has 3 aromatic carbocycles. The SMILES string of the molecule is CCOc1ccccc1-c1ccc(-c2nc3ccc(F)cc3c(C(=O)NCCOCCNC(=O)OC(C)(C)C)c2C)cc1. The summed E-state index contributed by atoms with van der Waals surface area (Å²) in [6.07, 6.45) is -0.516. The summed E-state index contributed by atoms with van der Waals surface area (Å²) in [6, 6.07) is 20.0. The molecule has 226 valence electrons. The number of nitrogens with zero attached hydrogens (tertiary/aromatic N) is 1. The van der Waals surface area contributed by atoms with E-state index in [0.29, 0.717) is 34.3 Å². The maximum absolute atomic E-state index is 14.3. The lowest BCUT2D eigenvalue weighted by Gasteiger charge is -2.19. The molecule has 0 atom stereocenters. The van der Waals surface area contributed by atoms with Crippen molar-refractivity contribution < 1.29 is 28.2 Å². The Hall–Kier alpha value is -4.50. The summed E-state index contributed by atoms with van der Waals surface area (Å²) in [5.74, 6) is 0.00477. The van der Waals surface area contributed by atoms with Gasteiger partial charge in [0.15, 0.2) is 0 Å². The lowest BCUT2D eigenvalue weighted by molar-refractivity contribution is 0.0500. The maximum Gasteiger partial charge on any atom is 0.407 e. The summed E-state index contributed by atoms with van der Waals surface area (Å²) in [7, 11) is 0. The largest absolute Gasteiger partial charge is 0.493 e. The van der Waals surface area contributed by atoms with Crippen molar-refractivity contribution in [3.63, 3.8) is 0 Å². The zero-order valence-corrected chi connectivity index (χ0v) is 25.3. The van der Waals surface area contributed by atoms with Crippen LogP contribution in [0.15, 0.2) is 66.7 Å². The van der Waals surface area contributed by atoms with Crippen LogP contribution >= 0.6 is 0 Å². The number of hydrogen-bond donors (Lipinski definition) is 2. The van der Waals surface area contributed by atoms with Crippen LogP contribution in [0, 0.1) is 12.7 Å². The molecule has 0 aliphatic rings. The number of carbonyl (C=O) groups excluding carboxylic acids is 2. The molecule has 2 N–H and O–H groups in total. The number of aromatic nitrogens is 1. The first kappa shape index (κ1) is 31.4. The standard InChI is InChI=1S/C34H38FN3O5/c1-6-42-29-10-8-7-9-26(29)23-11-13-24(14-12-23)31-22(2)30(27-21-25(35)15-16-28(27)38-31)32(39)36-17-19-41-20-18-37-33(40)43-34(3,4)5/h7-16,21H,6,17-20H2,1-5H3,(H,36,39)(H,37,40). The van der Waals surface area contributed by atoms with Crippen molar-refractivity contribution in [1.29, 1.82) is 0 Å². The fourth-order valence-corrected chi connectivity index (χ4v) is 4.67. The highest BCUT2D eigenvalue weighted by atomic mass is 19.1. The van der Waals surface area contributed by atoms with Gasteiger partial charge in [-0.25, -0.2) is 14.2 Å². The van der Waals surface area contributed by atoms with Crippen LogP contribution in [0.4, 0.5) is 9.18 Å². The molecule has 0 fully saturated rings. The van der Waals surface area contributed by atoms with E-state index < -0.39 is 17.5 Å². The van der Waals surface area contributed by atoms with E-state index in [-0.39, 0.29) is 32.2 Å². The zero-order chi connectivity index (χ0) is 31.0. The summed E-state index contributed by atoms with van der Waals surface area (Å²) in [6.45, 7) is 10.7. The summed E-state index contributed by atoms with van der Waals surface area (Å²) in [5.41, 5.74) is 4.38. The number of halogens is 1. The second kappa shape index (κ2) is 14.1. The number of para-hydroxylation sites is 1. The van der Waals surface area contributed by atoms with Crippen molar-refractivity contribution in [2.75, 3.05) is 32.9 Å². The number of ether oxygens (including phenoxy) is 3. The zero-order valence-electron chi connectivity index (χ0n) is 25.3. The molecule has 0 spiro atoms. The second-order valence-electron chi connectivity index (χ2n) is 10.9. The van der Waals surface area contributed by atoms with Gasteiger partial charge in [-0.1, -0.05) is 42.5 Å². The number of rotatable bonds is 11. The van der Waals surface area contributed by atoms with Crippen LogP contribution in [0.2, 0.25) is 0 Å². The molecule has 0 saturated heterocycles. The molecule has 43 heavy (non-hydrogen) atoms. The van der Waals surface area contributed by atoms with Gasteiger partial charge in [0.2, 0.25) is 0 Å². The molecule has 1 heterocycles. The van der Waals surface area contributed by atoms with E-state index in [0.717, 1.165) is 22.4 Å². The Bertz CT molecular complexity index is 1580. The van der Waals surface area contributed by atoms with Crippen molar-refractivity contribution in [2.24, 2.45) is 0 Å². The number of alkyl carbamates (subject to hydrolysis) is 1. The van der Waals surface area contributed by atoms with Gasteiger partial charge in [0.1, 0.15) is 17.2 Å². The molecular formula is C34H38FN3O5. The van der Waals surface area contributed by atoms with Crippen LogP contribution in [0.1, 0.15) is 43.6 Å². The van der Waals surface area contributed by atoms with Crippen LogP contribution in [0.25, 0.3) is 33.3 Å². The number of pyridine rings is 1. The average Bonchev–Trinajstić information content (AvgIpc) is 2.96. The van der Waals surface area contributed by atoms with Crippen molar-refractivity contribution in [3.8, 4) is 28.1 Å². The van der Waals surface area contributed by atoms with Gasteiger partial charge in [-0.15, -0.1) is 0 Å². The highest BCUT2D eigenvalue weighted by molar-refractivity contribution is 6.09. The van der Waals surface area contributed by atoms with Gasteiger partial charge in [0, 0.05) is 29.6 Å². The first-order valence-corrected chi connectivity index (χ1v) is 14.3. The highest BCUT2D eigenvalue weighted by Crippen LogP contribution is 2.34. The Morgan fingerprint density at radius 2 is 1.58 bits per heavy atom. The Labute approximate surface area is 251 Å². The van der Waals surface area contributed by atoms with Crippen molar-refractivity contribution in [2.45, 2.75) is 40.2 Å². The molecule has 0 saturated carbocycles. The Balaban J connectivity index is 1.48. The second-order valence-corrected chi connectivity index (χ2v) is 10.9. The monoisotopic (exact) mass is 587 g/mol. The Morgan fingerprint density at radius 3 is 2.28 bits per heavy atom. The van der Waals surface area contributed by atoms with E-state index in [1.54, 1.807) is 26.8 Å². The highest BCUT2D eigenvalue weighted by Gasteiger charge is 2.20. The maximum atomic E-state index is 14.3. The van der Waals surface area contributed by atoms with Gasteiger partial charge in [-0.05, 0) is 70.0 Å². The third-order valence-electron chi connectivity index (χ3n) is 6.52. The van der Waals surface area contributed by atoms with E-state index in [9.17, 15) is 14.0 Å². The molecule has 4 rings (SSSR count). The minimum absolute atomic E-state index is 0.229. The van der Waals surface area contributed by atoms with Gasteiger partial charge in [0.25, 0.3) is 5.91 Å². The van der Waals surface area contributed by atoms with Gasteiger partial charge in [-0.2, -0.15) is 0 Å². The molecule has 0 bridgehead atoms. The van der Waals surface area contributed by atoms with E-state index in [4.69, 9.17) is 19.2 Å². The Morgan fingerprint density at radius 1 is 0.907 bits per heavy atom. The van der Waals surface area contributed by atoms with Crippen molar-refractivity contribution in [3.05, 3.63) is 83.7 Å².